The molecule has 0 radical (unpaired) electrons. The van der Waals surface area contributed by atoms with Crippen LogP contribution in [0.4, 0.5) is 0 Å². The number of nitrogens with zero attached hydrogens (tertiary/aromatic N) is 3. The maximum atomic E-state index is 5.64. The summed E-state index contributed by atoms with van der Waals surface area (Å²) in [6, 6.07) is 0.548. The van der Waals surface area contributed by atoms with Crippen LogP contribution in [-0.2, 0) is 11.3 Å². The molecule has 3 heterocycles. The summed E-state index contributed by atoms with van der Waals surface area (Å²) in [7, 11) is 0. The van der Waals surface area contributed by atoms with E-state index in [4.69, 9.17) is 9.72 Å². The first kappa shape index (κ1) is 14.9. The molecule has 0 amide bonds. The zero-order valence-electron chi connectivity index (χ0n) is 13.1. The van der Waals surface area contributed by atoms with Crippen molar-refractivity contribution < 1.29 is 4.74 Å². The van der Waals surface area contributed by atoms with Crippen molar-refractivity contribution in [1.29, 1.82) is 0 Å². The summed E-state index contributed by atoms with van der Waals surface area (Å²) >= 11 is 2.06. The number of hydrogen-bond donors (Lipinski definition) is 0. The van der Waals surface area contributed by atoms with E-state index in [0.717, 1.165) is 23.6 Å². The van der Waals surface area contributed by atoms with Gasteiger partial charge < -0.3 is 9.30 Å². The highest BCUT2D eigenvalue weighted by molar-refractivity contribution is 7.99. The summed E-state index contributed by atoms with van der Waals surface area (Å²) in [6.45, 7) is 7.57. The molecule has 5 heteroatoms. The zero-order valence-corrected chi connectivity index (χ0v) is 13.9. The third kappa shape index (κ3) is 2.81. The van der Waals surface area contributed by atoms with Gasteiger partial charge in [0.15, 0.2) is 0 Å². The number of pyridine rings is 1. The number of imidazole rings is 1. The van der Waals surface area contributed by atoms with E-state index < -0.39 is 0 Å². The lowest BCUT2D eigenvalue weighted by Gasteiger charge is -2.26. The van der Waals surface area contributed by atoms with Crippen LogP contribution in [0.2, 0.25) is 0 Å². The van der Waals surface area contributed by atoms with Gasteiger partial charge in [-0.1, -0.05) is 0 Å². The van der Waals surface area contributed by atoms with Gasteiger partial charge in [0.25, 0.3) is 0 Å². The molecule has 0 unspecified atom stereocenters. The Hall–Kier alpha value is -1.07. The van der Waals surface area contributed by atoms with Gasteiger partial charge in [-0.05, 0) is 50.7 Å². The second-order valence-electron chi connectivity index (χ2n) is 5.58. The van der Waals surface area contributed by atoms with Crippen molar-refractivity contribution in [1.82, 2.24) is 14.5 Å². The maximum absolute atomic E-state index is 5.64. The van der Waals surface area contributed by atoms with E-state index in [2.05, 4.69) is 35.2 Å². The van der Waals surface area contributed by atoms with Gasteiger partial charge >= 0.3 is 0 Å². The van der Waals surface area contributed by atoms with Gasteiger partial charge in [-0.15, -0.1) is 0 Å². The lowest BCUT2D eigenvalue weighted by Crippen LogP contribution is -2.18. The summed E-state index contributed by atoms with van der Waals surface area (Å²) < 4.78 is 8.08. The predicted octanol–water partition coefficient (Wildman–Crippen LogP) is 3.65. The third-order valence-electron chi connectivity index (χ3n) is 4.28. The van der Waals surface area contributed by atoms with Gasteiger partial charge in [0, 0.05) is 18.3 Å². The van der Waals surface area contributed by atoms with E-state index in [1.807, 2.05) is 13.1 Å². The molecule has 2 aromatic rings. The average molecular weight is 305 g/mol. The Morgan fingerprint density at radius 3 is 2.81 bits per heavy atom. The van der Waals surface area contributed by atoms with Crippen molar-refractivity contribution in [3.63, 3.8) is 0 Å². The Balaban J connectivity index is 2.13. The van der Waals surface area contributed by atoms with E-state index in [-0.39, 0.29) is 0 Å². The lowest BCUT2D eigenvalue weighted by molar-refractivity contribution is 0.124. The van der Waals surface area contributed by atoms with Gasteiger partial charge in [-0.25, -0.2) is 4.98 Å². The topological polar surface area (TPSA) is 39.9 Å². The van der Waals surface area contributed by atoms with Crippen LogP contribution in [0.3, 0.4) is 0 Å². The number of aromatic nitrogens is 3. The molecular formula is C16H23N3OS. The Labute approximate surface area is 130 Å². The summed E-state index contributed by atoms with van der Waals surface area (Å²) in [5.41, 5.74) is 4.61. The normalized spacial score (nSPS) is 16.7. The first-order valence-corrected chi connectivity index (χ1v) is 8.86. The van der Waals surface area contributed by atoms with Gasteiger partial charge in [-0.3, -0.25) is 4.98 Å². The Kier molecular flexibility index (Phi) is 4.50. The summed E-state index contributed by atoms with van der Waals surface area (Å²) in [5.74, 6) is 3.53. The van der Waals surface area contributed by atoms with E-state index in [0.29, 0.717) is 12.6 Å². The average Bonchev–Trinajstić information content (AvgIpc) is 2.89. The molecule has 0 atom stereocenters. The molecule has 0 saturated carbocycles. The highest BCUT2D eigenvalue weighted by atomic mass is 32.2. The van der Waals surface area contributed by atoms with Gasteiger partial charge in [0.2, 0.25) is 0 Å². The molecule has 0 spiro atoms. The molecule has 21 heavy (non-hydrogen) atoms. The van der Waals surface area contributed by atoms with Crippen LogP contribution >= 0.6 is 11.8 Å². The fourth-order valence-electron chi connectivity index (χ4n) is 3.02. The summed E-state index contributed by atoms with van der Waals surface area (Å²) in [5, 5.41) is 0. The molecule has 1 saturated heterocycles. The summed E-state index contributed by atoms with van der Waals surface area (Å²) in [6.07, 6.45) is 4.34. The van der Waals surface area contributed by atoms with Gasteiger partial charge in [0.05, 0.1) is 11.7 Å². The first-order valence-electron chi connectivity index (χ1n) is 7.70. The molecule has 2 aromatic heterocycles. The van der Waals surface area contributed by atoms with Crippen molar-refractivity contribution in [3.8, 4) is 0 Å². The number of rotatable bonds is 4. The van der Waals surface area contributed by atoms with E-state index >= 15 is 0 Å². The number of hydrogen-bond acceptors (Lipinski definition) is 4. The molecule has 0 aromatic carbocycles. The predicted molar refractivity (Wildman–Crippen MR) is 87.9 cm³/mol. The molecule has 4 nitrogen and oxygen atoms in total. The van der Waals surface area contributed by atoms with Crippen LogP contribution in [0.1, 0.15) is 42.9 Å². The Morgan fingerprint density at radius 2 is 2.10 bits per heavy atom. The van der Waals surface area contributed by atoms with E-state index in [9.17, 15) is 0 Å². The summed E-state index contributed by atoms with van der Waals surface area (Å²) in [4.78, 5) is 9.26. The van der Waals surface area contributed by atoms with Gasteiger partial charge in [-0.2, -0.15) is 11.8 Å². The molecule has 1 fully saturated rings. The quantitative estimate of drug-likeness (QED) is 0.864. The first-order chi connectivity index (χ1) is 10.2. The molecule has 0 bridgehead atoms. The van der Waals surface area contributed by atoms with Crippen LogP contribution in [0.25, 0.3) is 11.0 Å². The van der Waals surface area contributed by atoms with Crippen molar-refractivity contribution in [2.45, 2.75) is 46.3 Å². The van der Waals surface area contributed by atoms with Crippen molar-refractivity contribution in [2.75, 3.05) is 18.1 Å². The van der Waals surface area contributed by atoms with E-state index in [1.165, 1.54) is 35.4 Å². The highest BCUT2D eigenvalue weighted by Crippen LogP contribution is 2.33. The van der Waals surface area contributed by atoms with Crippen molar-refractivity contribution >= 4 is 22.8 Å². The van der Waals surface area contributed by atoms with E-state index in [1.54, 1.807) is 0 Å². The lowest BCUT2D eigenvalue weighted by atomic mass is 10.1. The Bertz CT molecular complexity index is 632. The zero-order chi connectivity index (χ0) is 14.8. The van der Waals surface area contributed by atoms with Crippen LogP contribution in [0.15, 0.2) is 6.20 Å². The smallest absolute Gasteiger partial charge is 0.136 e. The molecule has 0 N–H and O–H groups in total. The second-order valence-corrected chi connectivity index (χ2v) is 6.81. The number of ether oxygens (including phenoxy) is 1. The van der Waals surface area contributed by atoms with Crippen molar-refractivity contribution in [2.24, 2.45) is 0 Å². The standard InChI is InChI=1S/C16H23N3OS/c1-4-20-10-15-18-14-9-17-12(3)11(2)16(14)19(15)13-5-7-21-8-6-13/h9,13H,4-8,10H2,1-3H3. The second kappa shape index (κ2) is 6.36. The van der Waals surface area contributed by atoms with Crippen LogP contribution in [0, 0.1) is 13.8 Å². The molecule has 1 aliphatic rings. The van der Waals surface area contributed by atoms with Crippen LogP contribution in [-0.4, -0.2) is 32.6 Å². The molecule has 114 valence electrons. The largest absolute Gasteiger partial charge is 0.374 e. The minimum absolute atomic E-state index is 0.548. The SMILES string of the molecule is CCOCc1nc2cnc(C)c(C)c2n1C1CCSCC1. The molecule has 1 aliphatic heterocycles. The monoisotopic (exact) mass is 305 g/mol. The van der Waals surface area contributed by atoms with Crippen LogP contribution < -0.4 is 0 Å². The molecule has 3 rings (SSSR count). The molecule has 0 aliphatic carbocycles. The van der Waals surface area contributed by atoms with Gasteiger partial charge in [0.1, 0.15) is 17.9 Å². The molecular weight excluding hydrogens is 282 g/mol. The number of thioether (sulfide) groups is 1. The number of fused-ring (bicyclic) bond motifs is 1. The minimum Gasteiger partial charge on any atom is -0.374 e. The fourth-order valence-corrected chi connectivity index (χ4v) is 4.10. The van der Waals surface area contributed by atoms with Crippen LogP contribution in [0.5, 0.6) is 0 Å². The minimum atomic E-state index is 0.548. The highest BCUT2D eigenvalue weighted by Gasteiger charge is 2.23. The van der Waals surface area contributed by atoms with Crippen molar-refractivity contribution in [3.05, 3.63) is 23.3 Å². The number of aryl methyl sites for hydroxylation is 2. The third-order valence-corrected chi connectivity index (χ3v) is 5.33. The Morgan fingerprint density at radius 1 is 1.33 bits per heavy atom. The fraction of sp³-hybridized carbons (Fsp3) is 0.625. The maximum Gasteiger partial charge on any atom is 0.136 e.